The number of hydrogen-bond donors (Lipinski definition) is 1. The van der Waals surface area contributed by atoms with Gasteiger partial charge in [-0.2, -0.15) is 13.2 Å². The van der Waals surface area contributed by atoms with Crippen LogP contribution in [0, 0.1) is 5.82 Å². The summed E-state index contributed by atoms with van der Waals surface area (Å²) < 4.78 is 59.5. The largest absolute Gasteiger partial charge is 0.512 e. The van der Waals surface area contributed by atoms with Crippen LogP contribution < -0.4 is 4.74 Å². The van der Waals surface area contributed by atoms with Crippen LogP contribution in [-0.2, 0) is 11.0 Å². The van der Waals surface area contributed by atoms with E-state index in [2.05, 4.69) is 6.58 Å². The quantitative estimate of drug-likeness (QED) is 0.317. The molecule has 2 aromatic rings. The van der Waals surface area contributed by atoms with Crippen molar-refractivity contribution in [2.24, 2.45) is 0 Å². The second kappa shape index (κ2) is 8.97. The summed E-state index contributed by atoms with van der Waals surface area (Å²) in [7, 11) is 1.29. The molecule has 0 atom stereocenters. The Morgan fingerprint density at radius 2 is 1.82 bits per heavy atom. The number of alkyl halides is 3. The Morgan fingerprint density at radius 3 is 2.42 bits per heavy atom. The van der Waals surface area contributed by atoms with E-state index in [9.17, 15) is 27.5 Å². The van der Waals surface area contributed by atoms with E-state index in [0.717, 1.165) is 11.6 Å². The van der Waals surface area contributed by atoms with Crippen LogP contribution in [0.5, 0.6) is 5.75 Å². The molecule has 0 aliphatic carbocycles. The Balaban J connectivity index is 2.16. The van der Waals surface area contributed by atoms with Crippen LogP contribution >= 0.6 is 0 Å². The van der Waals surface area contributed by atoms with Crippen molar-refractivity contribution in [1.82, 2.24) is 4.90 Å². The van der Waals surface area contributed by atoms with Gasteiger partial charge in [0.1, 0.15) is 17.3 Å². The van der Waals surface area contributed by atoms with Crippen molar-refractivity contribution >= 4 is 11.5 Å². The van der Waals surface area contributed by atoms with Crippen molar-refractivity contribution in [3.8, 4) is 16.9 Å². The Kier molecular flexibility index (Phi) is 6.48. The Bertz CT molecular complexity index is 1220. The minimum atomic E-state index is -4.68. The number of methoxy groups -OCH3 is 1. The van der Waals surface area contributed by atoms with E-state index in [-0.39, 0.29) is 33.8 Å². The minimum absolute atomic E-state index is 0.00533. The number of ether oxygens (including phenoxy) is 1. The number of aliphatic hydroxyl groups is 1. The van der Waals surface area contributed by atoms with Crippen LogP contribution in [0.15, 0.2) is 78.4 Å². The number of benzene rings is 2. The minimum Gasteiger partial charge on any atom is -0.512 e. The fourth-order valence-corrected chi connectivity index (χ4v) is 3.43. The summed E-state index contributed by atoms with van der Waals surface area (Å²) in [6, 6.07) is 6.21. The Morgan fingerprint density at radius 1 is 1.12 bits per heavy atom. The maximum Gasteiger partial charge on any atom is 0.416 e. The first-order valence-electron chi connectivity index (χ1n) is 9.79. The molecule has 0 radical (unpaired) electrons. The van der Waals surface area contributed by atoms with Crippen LogP contribution in [0.1, 0.15) is 25.0 Å². The third kappa shape index (κ3) is 4.69. The van der Waals surface area contributed by atoms with Crippen molar-refractivity contribution in [1.29, 1.82) is 0 Å². The number of rotatable bonds is 4. The first kappa shape index (κ1) is 23.8. The summed E-state index contributed by atoms with van der Waals surface area (Å²) in [6.45, 7) is 6.95. The molecule has 2 aromatic carbocycles. The summed E-state index contributed by atoms with van der Waals surface area (Å²) in [5.74, 6) is -1.73. The van der Waals surface area contributed by atoms with Crippen molar-refractivity contribution in [3.63, 3.8) is 0 Å². The molecular weight excluding hydrogens is 438 g/mol. The normalized spacial score (nSPS) is 14.7. The van der Waals surface area contributed by atoms with Crippen molar-refractivity contribution < 1.29 is 32.2 Å². The summed E-state index contributed by atoms with van der Waals surface area (Å²) in [5.41, 5.74) is -0.205. The summed E-state index contributed by atoms with van der Waals surface area (Å²) in [5, 5.41) is 10.3. The maximum atomic E-state index is 14.6. The van der Waals surface area contributed by atoms with E-state index in [1.807, 2.05) is 0 Å². The molecule has 1 aliphatic rings. The lowest BCUT2D eigenvalue weighted by Gasteiger charge is -2.25. The van der Waals surface area contributed by atoms with Crippen molar-refractivity contribution in [2.75, 3.05) is 7.11 Å². The number of amides is 1. The predicted molar refractivity (Wildman–Crippen MR) is 117 cm³/mol. The SMILES string of the molecule is C=C1C(C)=CC=CN1C(=O)/C(=C(\C)O)c1ccc(OC)c(-c2cc(C(F)(F)F)ccc2F)c1. The molecule has 1 amide bonds. The molecule has 4 nitrogen and oxygen atoms in total. The predicted octanol–water partition coefficient (Wildman–Crippen LogP) is 6.63. The average Bonchev–Trinajstić information content (AvgIpc) is 2.75. The zero-order valence-corrected chi connectivity index (χ0v) is 18.1. The molecule has 0 saturated carbocycles. The third-order valence-electron chi connectivity index (χ3n) is 5.19. The van der Waals surface area contributed by atoms with E-state index in [1.54, 1.807) is 19.1 Å². The molecule has 0 aromatic heterocycles. The lowest BCUT2D eigenvalue weighted by Crippen LogP contribution is -2.28. The maximum absolute atomic E-state index is 14.6. The van der Waals surface area contributed by atoms with Crippen LogP contribution in [-0.4, -0.2) is 23.0 Å². The number of nitrogens with zero attached hydrogens (tertiary/aromatic N) is 1. The average molecular weight is 459 g/mol. The number of allylic oxidation sites excluding steroid dienone is 4. The van der Waals surface area contributed by atoms with Gasteiger partial charge in [0, 0.05) is 23.0 Å². The Hall–Kier alpha value is -3.81. The molecule has 8 heteroatoms. The van der Waals surface area contributed by atoms with Crippen LogP contribution in [0.25, 0.3) is 16.7 Å². The van der Waals surface area contributed by atoms with E-state index in [1.165, 1.54) is 43.3 Å². The summed E-state index contributed by atoms with van der Waals surface area (Å²) >= 11 is 0. The highest BCUT2D eigenvalue weighted by Crippen LogP contribution is 2.39. The molecule has 3 rings (SSSR count). The van der Waals surface area contributed by atoms with Gasteiger partial charge in [0.05, 0.1) is 18.2 Å². The Labute approximate surface area is 188 Å². The molecule has 0 fully saturated rings. The van der Waals surface area contributed by atoms with Gasteiger partial charge >= 0.3 is 6.18 Å². The highest BCUT2D eigenvalue weighted by molar-refractivity contribution is 6.21. The van der Waals surface area contributed by atoms with Gasteiger partial charge in [0.2, 0.25) is 0 Å². The fraction of sp³-hybridized carbons (Fsp3) is 0.160. The van der Waals surface area contributed by atoms with E-state index in [4.69, 9.17) is 4.74 Å². The molecule has 0 unspecified atom stereocenters. The molecule has 1 aliphatic heterocycles. The van der Waals surface area contributed by atoms with Crippen molar-refractivity contribution in [3.05, 3.63) is 95.3 Å². The van der Waals surface area contributed by atoms with Crippen LogP contribution in [0.2, 0.25) is 0 Å². The molecule has 1 N–H and O–H groups in total. The smallest absolute Gasteiger partial charge is 0.416 e. The van der Waals surface area contributed by atoms with Gasteiger partial charge < -0.3 is 9.84 Å². The second-order valence-corrected chi connectivity index (χ2v) is 7.38. The molecular formula is C25H21F4NO3. The fourth-order valence-electron chi connectivity index (χ4n) is 3.43. The van der Waals surface area contributed by atoms with Gasteiger partial charge in [0.15, 0.2) is 0 Å². The first-order valence-corrected chi connectivity index (χ1v) is 9.79. The van der Waals surface area contributed by atoms with Gasteiger partial charge in [-0.1, -0.05) is 18.7 Å². The van der Waals surface area contributed by atoms with Crippen LogP contribution in [0.4, 0.5) is 17.6 Å². The van der Waals surface area contributed by atoms with Gasteiger partial charge in [-0.15, -0.1) is 0 Å². The van der Waals surface area contributed by atoms with Gasteiger partial charge in [-0.3, -0.25) is 9.69 Å². The highest BCUT2D eigenvalue weighted by atomic mass is 19.4. The topological polar surface area (TPSA) is 49.8 Å². The molecule has 33 heavy (non-hydrogen) atoms. The van der Waals surface area contributed by atoms with E-state index in [0.29, 0.717) is 17.8 Å². The summed E-state index contributed by atoms with van der Waals surface area (Å²) in [6.07, 6.45) is 0.215. The van der Waals surface area contributed by atoms with Gasteiger partial charge in [0.25, 0.3) is 5.91 Å². The van der Waals surface area contributed by atoms with Gasteiger partial charge in [-0.25, -0.2) is 4.39 Å². The summed E-state index contributed by atoms with van der Waals surface area (Å²) in [4.78, 5) is 14.5. The number of aliphatic hydroxyl groups excluding tert-OH is 1. The molecule has 0 bridgehead atoms. The monoisotopic (exact) mass is 459 g/mol. The second-order valence-electron chi connectivity index (χ2n) is 7.38. The number of carbonyl (C=O) groups excluding carboxylic acids is 1. The highest BCUT2D eigenvalue weighted by Gasteiger charge is 2.32. The van der Waals surface area contributed by atoms with Crippen molar-refractivity contribution in [2.45, 2.75) is 20.0 Å². The standard InChI is InChI=1S/C25H21F4NO3/c1-14-6-5-11-30(15(14)2)24(32)23(16(3)31)17-7-10-22(33-4)20(12-17)19-13-18(25(27,28)29)8-9-21(19)26/h5-13,31H,2H2,1,3-4H3/b23-16+. The first-order chi connectivity index (χ1) is 15.5. The molecule has 1 heterocycles. The van der Waals surface area contributed by atoms with E-state index < -0.39 is 23.5 Å². The van der Waals surface area contributed by atoms with Gasteiger partial charge in [-0.05, 0) is 61.4 Å². The number of carbonyl (C=O) groups is 1. The zero-order valence-electron chi connectivity index (χ0n) is 18.1. The lowest BCUT2D eigenvalue weighted by atomic mass is 9.95. The molecule has 0 saturated heterocycles. The van der Waals surface area contributed by atoms with E-state index >= 15 is 0 Å². The third-order valence-corrected chi connectivity index (χ3v) is 5.19. The molecule has 0 spiro atoms. The number of halogens is 4. The zero-order chi connectivity index (χ0) is 24.5. The lowest BCUT2D eigenvalue weighted by molar-refractivity contribution is -0.137. The number of hydrogen-bond acceptors (Lipinski definition) is 3. The van der Waals surface area contributed by atoms with Crippen LogP contribution in [0.3, 0.4) is 0 Å². The molecule has 172 valence electrons.